The highest BCUT2D eigenvalue weighted by atomic mass is 19.1. The van der Waals surface area contributed by atoms with Gasteiger partial charge in [0.1, 0.15) is 5.82 Å². The largest absolute Gasteiger partial charge is 0.453 e. The zero-order chi connectivity index (χ0) is 13.1. The molecule has 1 heterocycles. The minimum atomic E-state index is -0.650. The number of hydrogen-bond acceptors (Lipinski definition) is 3. The van der Waals surface area contributed by atoms with Crippen LogP contribution in [0, 0.1) is 5.82 Å². The number of halogens is 1. The third kappa shape index (κ3) is 2.46. The van der Waals surface area contributed by atoms with E-state index in [1.165, 1.54) is 24.1 Å². The molecule has 0 saturated carbocycles. The standard InChI is InChI=1S/C13H16FNO3/c1-18-13(17)15-8-2-3-11(16)12(15)9-4-6-10(14)7-5-9/h4-7,11-12,16H,2-3,8H2,1H3/t11-,12-/m0/s1. The monoisotopic (exact) mass is 253 g/mol. The molecule has 0 spiro atoms. The maximum atomic E-state index is 12.9. The third-order valence-corrected chi connectivity index (χ3v) is 3.22. The van der Waals surface area contributed by atoms with Crippen LogP contribution in [-0.4, -0.2) is 35.9 Å². The Morgan fingerprint density at radius 1 is 1.44 bits per heavy atom. The lowest BCUT2D eigenvalue weighted by molar-refractivity contribution is 0.00990. The minimum absolute atomic E-state index is 0.339. The van der Waals surface area contributed by atoms with Crippen LogP contribution in [0.4, 0.5) is 9.18 Å². The van der Waals surface area contributed by atoms with Crippen molar-refractivity contribution in [3.8, 4) is 0 Å². The summed E-state index contributed by atoms with van der Waals surface area (Å²) < 4.78 is 17.6. The number of hydrogen-bond donors (Lipinski definition) is 1. The summed E-state index contributed by atoms with van der Waals surface area (Å²) >= 11 is 0. The molecule has 0 bridgehead atoms. The molecule has 0 aromatic heterocycles. The number of nitrogens with zero attached hydrogens (tertiary/aromatic N) is 1. The normalized spacial score (nSPS) is 23.8. The Morgan fingerprint density at radius 2 is 2.11 bits per heavy atom. The average Bonchev–Trinajstić information content (AvgIpc) is 2.39. The van der Waals surface area contributed by atoms with Crippen LogP contribution < -0.4 is 0 Å². The Kier molecular flexibility index (Phi) is 3.81. The molecule has 4 nitrogen and oxygen atoms in total. The lowest BCUT2D eigenvalue weighted by atomic mass is 9.93. The average molecular weight is 253 g/mol. The number of aliphatic hydroxyl groups excluding tert-OH is 1. The number of carbonyl (C=O) groups is 1. The first kappa shape index (κ1) is 12.8. The van der Waals surface area contributed by atoms with Crippen LogP contribution in [0.5, 0.6) is 0 Å². The lowest BCUT2D eigenvalue weighted by Gasteiger charge is -2.38. The van der Waals surface area contributed by atoms with Crippen molar-refractivity contribution >= 4 is 6.09 Å². The SMILES string of the molecule is COC(=O)N1CCC[C@H](O)[C@@H]1c1ccc(F)cc1. The van der Waals surface area contributed by atoms with Crippen LogP contribution in [-0.2, 0) is 4.74 Å². The number of likely N-dealkylation sites (tertiary alicyclic amines) is 1. The van der Waals surface area contributed by atoms with Crippen molar-refractivity contribution in [1.82, 2.24) is 4.90 Å². The number of carbonyl (C=O) groups excluding carboxylic acids is 1. The molecule has 2 atom stereocenters. The molecule has 1 aliphatic heterocycles. The van der Waals surface area contributed by atoms with E-state index >= 15 is 0 Å². The first-order valence-electron chi connectivity index (χ1n) is 5.91. The van der Waals surface area contributed by atoms with Crippen LogP contribution in [0.25, 0.3) is 0 Å². The van der Waals surface area contributed by atoms with E-state index in [0.717, 1.165) is 6.42 Å². The molecule has 1 fully saturated rings. The molecule has 0 radical (unpaired) electrons. The molecule has 1 N–H and O–H groups in total. The highest BCUT2D eigenvalue weighted by Crippen LogP contribution is 2.31. The first-order chi connectivity index (χ1) is 8.63. The second-order valence-electron chi connectivity index (χ2n) is 4.37. The number of piperidine rings is 1. The Morgan fingerprint density at radius 3 is 2.72 bits per heavy atom. The molecule has 2 rings (SSSR count). The zero-order valence-electron chi connectivity index (χ0n) is 10.2. The summed E-state index contributed by atoms with van der Waals surface area (Å²) in [6.45, 7) is 0.534. The summed E-state index contributed by atoms with van der Waals surface area (Å²) in [6.07, 6.45) is 0.232. The van der Waals surface area contributed by atoms with Crippen molar-refractivity contribution in [3.63, 3.8) is 0 Å². The second-order valence-corrected chi connectivity index (χ2v) is 4.37. The molecular weight excluding hydrogens is 237 g/mol. The number of methoxy groups -OCH3 is 1. The number of benzene rings is 1. The van der Waals surface area contributed by atoms with Gasteiger partial charge in [0.15, 0.2) is 0 Å². The van der Waals surface area contributed by atoms with Gasteiger partial charge in [0.05, 0.1) is 19.3 Å². The fraction of sp³-hybridized carbons (Fsp3) is 0.462. The van der Waals surface area contributed by atoms with Gasteiger partial charge in [-0.15, -0.1) is 0 Å². The number of ether oxygens (including phenoxy) is 1. The van der Waals surface area contributed by atoms with Crippen molar-refractivity contribution in [2.75, 3.05) is 13.7 Å². The van der Waals surface area contributed by atoms with Crippen molar-refractivity contribution in [3.05, 3.63) is 35.6 Å². The van der Waals surface area contributed by atoms with Crippen molar-refractivity contribution in [2.24, 2.45) is 0 Å². The summed E-state index contributed by atoms with van der Waals surface area (Å²) in [5.74, 6) is -0.339. The van der Waals surface area contributed by atoms with Gasteiger partial charge in [0.25, 0.3) is 0 Å². The number of rotatable bonds is 1. The second kappa shape index (κ2) is 5.35. The van der Waals surface area contributed by atoms with E-state index in [-0.39, 0.29) is 5.82 Å². The van der Waals surface area contributed by atoms with Crippen molar-refractivity contribution < 1.29 is 19.0 Å². The summed E-state index contributed by atoms with van der Waals surface area (Å²) in [5, 5.41) is 10.1. The van der Waals surface area contributed by atoms with Crippen LogP contribution in [0.2, 0.25) is 0 Å². The summed E-state index contributed by atoms with van der Waals surface area (Å²) in [6, 6.07) is 5.36. The minimum Gasteiger partial charge on any atom is -0.453 e. The molecule has 1 aromatic carbocycles. The quantitative estimate of drug-likeness (QED) is 0.833. The molecule has 98 valence electrons. The van der Waals surface area contributed by atoms with Gasteiger partial charge in [-0.2, -0.15) is 0 Å². The molecule has 1 aliphatic rings. The third-order valence-electron chi connectivity index (χ3n) is 3.22. The van der Waals surface area contributed by atoms with E-state index < -0.39 is 18.2 Å². The van der Waals surface area contributed by atoms with Gasteiger partial charge in [-0.25, -0.2) is 9.18 Å². The first-order valence-corrected chi connectivity index (χ1v) is 5.91. The Balaban J connectivity index is 2.29. The highest BCUT2D eigenvalue weighted by Gasteiger charge is 2.34. The van der Waals surface area contributed by atoms with Gasteiger partial charge >= 0.3 is 6.09 Å². The predicted molar refractivity (Wildman–Crippen MR) is 63.5 cm³/mol. The Hall–Kier alpha value is -1.62. The topological polar surface area (TPSA) is 49.8 Å². The van der Waals surface area contributed by atoms with E-state index in [1.807, 2.05) is 0 Å². The van der Waals surface area contributed by atoms with Crippen LogP contribution in [0.1, 0.15) is 24.4 Å². The molecular formula is C13H16FNO3. The van der Waals surface area contributed by atoms with Crippen LogP contribution >= 0.6 is 0 Å². The lowest BCUT2D eigenvalue weighted by Crippen LogP contribution is -2.45. The van der Waals surface area contributed by atoms with Crippen molar-refractivity contribution in [1.29, 1.82) is 0 Å². The highest BCUT2D eigenvalue weighted by molar-refractivity contribution is 5.68. The molecule has 0 aliphatic carbocycles. The molecule has 0 unspecified atom stereocenters. The Bertz CT molecular complexity index is 421. The molecule has 5 heteroatoms. The molecule has 1 saturated heterocycles. The fourth-order valence-corrected chi connectivity index (χ4v) is 2.36. The van der Waals surface area contributed by atoms with Crippen LogP contribution in [0.15, 0.2) is 24.3 Å². The zero-order valence-corrected chi connectivity index (χ0v) is 10.2. The Labute approximate surface area is 105 Å². The molecule has 18 heavy (non-hydrogen) atoms. The predicted octanol–water partition coefficient (Wildman–Crippen LogP) is 2.09. The van der Waals surface area contributed by atoms with Gasteiger partial charge in [0, 0.05) is 6.54 Å². The summed E-state index contributed by atoms with van der Waals surface area (Å²) in [5.41, 5.74) is 0.717. The van der Waals surface area contributed by atoms with E-state index in [4.69, 9.17) is 4.74 Å². The van der Waals surface area contributed by atoms with Gasteiger partial charge < -0.3 is 9.84 Å². The van der Waals surface area contributed by atoms with E-state index in [2.05, 4.69) is 0 Å². The van der Waals surface area contributed by atoms with Crippen molar-refractivity contribution in [2.45, 2.75) is 25.0 Å². The van der Waals surface area contributed by atoms with Crippen LogP contribution in [0.3, 0.4) is 0 Å². The number of aliphatic hydroxyl groups is 1. The van der Waals surface area contributed by atoms with Gasteiger partial charge in [0.2, 0.25) is 0 Å². The van der Waals surface area contributed by atoms with E-state index in [1.54, 1.807) is 12.1 Å². The number of amides is 1. The van der Waals surface area contributed by atoms with E-state index in [9.17, 15) is 14.3 Å². The van der Waals surface area contributed by atoms with E-state index in [0.29, 0.717) is 18.5 Å². The maximum absolute atomic E-state index is 12.9. The van der Waals surface area contributed by atoms with Gasteiger partial charge in [-0.05, 0) is 30.5 Å². The molecule has 1 amide bonds. The fourth-order valence-electron chi connectivity index (χ4n) is 2.36. The van der Waals surface area contributed by atoms with Gasteiger partial charge in [-0.1, -0.05) is 12.1 Å². The molecule has 1 aromatic rings. The van der Waals surface area contributed by atoms with Gasteiger partial charge in [-0.3, -0.25) is 4.90 Å². The smallest absolute Gasteiger partial charge is 0.410 e. The summed E-state index contributed by atoms with van der Waals surface area (Å²) in [7, 11) is 1.31. The summed E-state index contributed by atoms with van der Waals surface area (Å²) in [4.78, 5) is 13.2. The maximum Gasteiger partial charge on any atom is 0.410 e.